The molecule has 0 radical (unpaired) electrons. The zero-order valence-electron chi connectivity index (χ0n) is 15.9. The number of aliphatic imine (C=N–C) groups is 1. The van der Waals surface area contributed by atoms with E-state index in [1.165, 1.54) is 5.56 Å². The van der Waals surface area contributed by atoms with Gasteiger partial charge in [0.25, 0.3) is 0 Å². The van der Waals surface area contributed by atoms with Crippen molar-refractivity contribution in [1.29, 1.82) is 0 Å². The molecule has 0 amide bonds. The number of hydrogen-bond acceptors (Lipinski definition) is 5. The summed E-state index contributed by atoms with van der Waals surface area (Å²) in [4.78, 5) is 8.68. The highest BCUT2D eigenvalue weighted by atomic mass is 127. The number of ether oxygens (including phenoxy) is 1. The van der Waals surface area contributed by atoms with Gasteiger partial charge in [0.1, 0.15) is 15.7 Å². The van der Waals surface area contributed by atoms with Crippen molar-refractivity contribution in [2.75, 3.05) is 19.3 Å². The zero-order valence-corrected chi connectivity index (χ0v) is 19.9. The Labute approximate surface area is 186 Å². The minimum atomic E-state index is -0.199. The molecule has 0 saturated heterocycles. The first-order valence-corrected chi connectivity index (χ1v) is 10.7. The monoisotopic (exact) mass is 518 g/mol. The highest BCUT2D eigenvalue weighted by Crippen LogP contribution is 2.39. The normalized spacial score (nSPS) is 18.0. The number of aromatic nitrogens is 1. The first kappa shape index (κ1) is 22.3. The van der Waals surface area contributed by atoms with E-state index in [2.05, 4.69) is 46.6 Å². The summed E-state index contributed by atoms with van der Waals surface area (Å²) in [6.45, 7) is 5.14. The molecule has 1 atom stereocenters. The van der Waals surface area contributed by atoms with Crippen LogP contribution in [0.3, 0.4) is 0 Å². The quantitative estimate of drug-likeness (QED) is 0.191. The van der Waals surface area contributed by atoms with Gasteiger partial charge >= 0.3 is 0 Å². The number of rotatable bonds is 6. The van der Waals surface area contributed by atoms with Crippen LogP contribution in [0.25, 0.3) is 0 Å². The number of thiazole rings is 1. The molecule has 1 aromatic carbocycles. The number of thioether (sulfide) groups is 1. The molecule has 2 heterocycles. The summed E-state index contributed by atoms with van der Waals surface area (Å²) in [5.74, 6) is 2.84. The molecular formula is C19H27IN4OS2. The van der Waals surface area contributed by atoms with Crippen LogP contribution in [-0.2, 0) is 0 Å². The van der Waals surface area contributed by atoms with E-state index in [0.717, 1.165) is 41.2 Å². The number of nitrogens with one attached hydrogen (secondary N) is 2. The average Bonchev–Trinajstić information content (AvgIpc) is 3.12. The topological polar surface area (TPSA) is 58.5 Å². The standard InChI is InChI=1S/C19H26N4OS2.HI/c1-19(2)13-15(14-7-4-5-8-16(14)24-19)23-17(20-3)21-9-6-11-25-18-22-10-12-26-18;/h4-5,7-8,10,12,15H,6,9,11,13H2,1-3H3,(H2,20,21,23);1H. The second-order valence-electron chi connectivity index (χ2n) is 6.80. The second kappa shape index (κ2) is 10.5. The van der Waals surface area contributed by atoms with Gasteiger partial charge in [-0.05, 0) is 26.3 Å². The Morgan fingerprint density at radius 2 is 2.22 bits per heavy atom. The number of hydrogen-bond donors (Lipinski definition) is 2. The summed E-state index contributed by atoms with van der Waals surface area (Å²) in [6.07, 6.45) is 3.80. The van der Waals surface area contributed by atoms with E-state index in [9.17, 15) is 0 Å². The van der Waals surface area contributed by atoms with E-state index >= 15 is 0 Å². The van der Waals surface area contributed by atoms with Crippen LogP contribution in [0.4, 0.5) is 0 Å². The molecule has 2 N–H and O–H groups in total. The fraction of sp³-hybridized carbons (Fsp3) is 0.474. The van der Waals surface area contributed by atoms with Gasteiger partial charge in [0.05, 0.1) is 6.04 Å². The van der Waals surface area contributed by atoms with Crippen LogP contribution < -0.4 is 15.4 Å². The van der Waals surface area contributed by atoms with Crippen molar-refractivity contribution in [2.24, 2.45) is 4.99 Å². The summed E-state index contributed by atoms with van der Waals surface area (Å²) >= 11 is 3.49. The minimum absolute atomic E-state index is 0. The molecule has 3 rings (SSSR count). The summed E-state index contributed by atoms with van der Waals surface area (Å²) in [6, 6.07) is 8.42. The van der Waals surface area contributed by atoms with Gasteiger partial charge in [-0.1, -0.05) is 30.0 Å². The highest BCUT2D eigenvalue weighted by Gasteiger charge is 2.33. The van der Waals surface area contributed by atoms with Gasteiger partial charge in [0.2, 0.25) is 0 Å². The molecule has 27 heavy (non-hydrogen) atoms. The van der Waals surface area contributed by atoms with E-state index in [4.69, 9.17) is 4.74 Å². The van der Waals surface area contributed by atoms with E-state index in [-0.39, 0.29) is 35.6 Å². The molecule has 0 spiro atoms. The predicted molar refractivity (Wildman–Crippen MR) is 126 cm³/mol. The lowest BCUT2D eigenvalue weighted by Gasteiger charge is -2.38. The first-order valence-electron chi connectivity index (χ1n) is 8.85. The number of nitrogens with zero attached hydrogens (tertiary/aromatic N) is 2. The lowest BCUT2D eigenvalue weighted by atomic mass is 9.90. The molecule has 148 valence electrons. The Kier molecular flexibility index (Phi) is 8.68. The molecule has 1 unspecified atom stereocenters. The van der Waals surface area contributed by atoms with Crippen molar-refractivity contribution in [1.82, 2.24) is 15.6 Å². The van der Waals surface area contributed by atoms with Crippen LogP contribution in [0.2, 0.25) is 0 Å². The first-order chi connectivity index (χ1) is 12.6. The van der Waals surface area contributed by atoms with Crippen molar-refractivity contribution >= 4 is 53.0 Å². The molecule has 0 aliphatic carbocycles. The maximum Gasteiger partial charge on any atom is 0.191 e. The van der Waals surface area contributed by atoms with Crippen molar-refractivity contribution in [3.63, 3.8) is 0 Å². The van der Waals surface area contributed by atoms with E-state index in [1.54, 1.807) is 23.1 Å². The van der Waals surface area contributed by atoms with Gasteiger partial charge in [0, 0.05) is 42.9 Å². The fourth-order valence-corrected chi connectivity index (χ4v) is 4.66. The third-order valence-corrected chi connectivity index (χ3v) is 6.21. The molecule has 1 aromatic heterocycles. The average molecular weight is 518 g/mol. The SMILES string of the molecule is CN=C(NCCCSc1nccs1)NC1CC(C)(C)Oc2ccccc21.I. The molecule has 1 aliphatic heterocycles. The maximum absolute atomic E-state index is 6.11. The van der Waals surface area contributed by atoms with Crippen LogP contribution in [-0.4, -0.2) is 35.9 Å². The van der Waals surface area contributed by atoms with Crippen LogP contribution >= 0.6 is 47.1 Å². The van der Waals surface area contributed by atoms with Gasteiger partial charge in [-0.3, -0.25) is 4.99 Å². The molecule has 0 fully saturated rings. The summed E-state index contributed by atoms with van der Waals surface area (Å²) in [5, 5.41) is 9.00. The lowest BCUT2D eigenvalue weighted by molar-refractivity contribution is 0.0694. The number of guanidine groups is 1. The summed E-state index contributed by atoms with van der Waals surface area (Å²) < 4.78 is 7.24. The van der Waals surface area contributed by atoms with Crippen molar-refractivity contribution in [2.45, 2.75) is 42.7 Å². The third-order valence-electron chi connectivity index (χ3n) is 4.16. The Morgan fingerprint density at radius 1 is 1.41 bits per heavy atom. The van der Waals surface area contributed by atoms with Crippen LogP contribution in [0, 0.1) is 0 Å². The molecule has 0 bridgehead atoms. The number of fused-ring (bicyclic) bond motifs is 1. The molecule has 2 aromatic rings. The van der Waals surface area contributed by atoms with Crippen LogP contribution in [0.1, 0.15) is 38.3 Å². The van der Waals surface area contributed by atoms with Crippen molar-refractivity contribution in [3.05, 3.63) is 41.4 Å². The number of benzene rings is 1. The van der Waals surface area contributed by atoms with Crippen LogP contribution in [0.5, 0.6) is 5.75 Å². The zero-order chi connectivity index (χ0) is 18.4. The van der Waals surface area contributed by atoms with Gasteiger partial charge in [0.15, 0.2) is 5.96 Å². The maximum atomic E-state index is 6.11. The van der Waals surface area contributed by atoms with E-state index < -0.39 is 0 Å². The molecule has 5 nitrogen and oxygen atoms in total. The Balaban J connectivity index is 0.00000261. The van der Waals surface area contributed by atoms with Crippen molar-refractivity contribution in [3.8, 4) is 5.75 Å². The van der Waals surface area contributed by atoms with E-state index in [1.807, 2.05) is 30.8 Å². The second-order valence-corrected chi connectivity index (χ2v) is 9.04. The third kappa shape index (κ3) is 6.53. The molecule has 0 saturated carbocycles. The summed E-state index contributed by atoms with van der Waals surface area (Å²) in [7, 11) is 1.82. The molecule has 1 aliphatic rings. The van der Waals surface area contributed by atoms with Gasteiger partial charge < -0.3 is 15.4 Å². The lowest BCUT2D eigenvalue weighted by Crippen LogP contribution is -2.45. The van der Waals surface area contributed by atoms with Crippen molar-refractivity contribution < 1.29 is 4.74 Å². The summed E-state index contributed by atoms with van der Waals surface area (Å²) in [5.41, 5.74) is 0.990. The predicted octanol–water partition coefficient (Wildman–Crippen LogP) is 4.71. The van der Waals surface area contributed by atoms with E-state index in [0.29, 0.717) is 0 Å². The van der Waals surface area contributed by atoms with Crippen LogP contribution in [0.15, 0.2) is 45.2 Å². The minimum Gasteiger partial charge on any atom is -0.487 e. The largest absolute Gasteiger partial charge is 0.487 e. The number of para-hydroxylation sites is 1. The van der Waals surface area contributed by atoms with Gasteiger partial charge in [-0.25, -0.2) is 4.98 Å². The smallest absolute Gasteiger partial charge is 0.191 e. The molecule has 8 heteroatoms. The fourth-order valence-electron chi connectivity index (χ4n) is 3.01. The molecular weight excluding hydrogens is 491 g/mol. The van der Waals surface area contributed by atoms with Gasteiger partial charge in [-0.2, -0.15) is 0 Å². The Morgan fingerprint density at radius 3 is 2.96 bits per heavy atom. The highest BCUT2D eigenvalue weighted by molar-refractivity contribution is 14.0. The Bertz CT molecular complexity index is 737. The van der Waals surface area contributed by atoms with Gasteiger partial charge in [-0.15, -0.1) is 35.3 Å². The Hall–Kier alpha value is -1.000. The number of halogens is 1.